The second-order valence-electron chi connectivity index (χ2n) is 4.85. The predicted octanol–water partition coefficient (Wildman–Crippen LogP) is 2.58. The van der Waals surface area contributed by atoms with E-state index in [2.05, 4.69) is 13.8 Å². The van der Waals surface area contributed by atoms with Crippen LogP contribution in [-0.2, 0) is 4.79 Å². The number of nitrogens with two attached hydrogens (primary N) is 1. The van der Waals surface area contributed by atoms with Crippen LogP contribution in [0.15, 0.2) is 0 Å². The van der Waals surface area contributed by atoms with Gasteiger partial charge in [0.05, 0.1) is 10.4 Å². The Kier molecular flexibility index (Phi) is 6.68. The highest BCUT2D eigenvalue weighted by Gasteiger charge is 2.40. The normalized spacial score (nSPS) is 13.2. The first-order valence-corrected chi connectivity index (χ1v) is 6.81. The van der Waals surface area contributed by atoms with Gasteiger partial charge in [0.1, 0.15) is 0 Å². The first-order chi connectivity index (χ1) is 7.85. The van der Waals surface area contributed by atoms with E-state index >= 15 is 0 Å². The van der Waals surface area contributed by atoms with Gasteiger partial charge in [-0.1, -0.05) is 46.3 Å². The van der Waals surface area contributed by atoms with Crippen molar-refractivity contribution in [1.29, 1.82) is 0 Å². The third kappa shape index (κ3) is 3.66. The largest absolute Gasteiger partial charge is 0.392 e. The van der Waals surface area contributed by atoms with Gasteiger partial charge in [-0.2, -0.15) is 0 Å². The third-order valence-electron chi connectivity index (χ3n) is 3.72. The highest BCUT2D eigenvalue weighted by molar-refractivity contribution is 7.80. The van der Waals surface area contributed by atoms with Crippen molar-refractivity contribution in [3.8, 4) is 0 Å². The van der Waals surface area contributed by atoms with E-state index in [9.17, 15) is 4.79 Å². The average Bonchev–Trinajstić information content (AvgIpc) is 2.30. The molecule has 0 aromatic carbocycles. The standard InChI is InChI=1S/C13H26N2OS/c1-6-10(4)9-15(5)12(16)13(7-2,8-3)11(14)17/h10H,6-9H2,1-5H3,(H2,14,17). The number of hydrogen-bond donors (Lipinski definition) is 1. The van der Waals surface area contributed by atoms with Crippen LogP contribution >= 0.6 is 12.2 Å². The van der Waals surface area contributed by atoms with Crippen LogP contribution in [-0.4, -0.2) is 29.4 Å². The van der Waals surface area contributed by atoms with Crippen molar-refractivity contribution in [2.75, 3.05) is 13.6 Å². The molecule has 0 fully saturated rings. The lowest BCUT2D eigenvalue weighted by Gasteiger charge is -2.34. The number of amides is 1. The molecule has 0 rings (SSSR count). The van der Waals surface area contributed by atoms with E-state index < -0.39 is 5.41 Å². The predicted molar refractivity (Wildman–Crippen MR) is 76.9 cm³/mol. The minimum absolute atomic E-state index is 0.0651. The van der Waals surface area contributed by atoms with Gasteiger partial charge >= 0.3 is 0 Å². The molecule has 0 aromatic rings. The molecule has 0 aliphatic carbocycles. The summed E-state index contributed by atoms with van der Waals surface area (Å²) >= 11 is 5.10. The molecular weight excluding hydrogens is 232 g/mol. The summed E-state index contributed by atoms with van der Waals surface area (Å²) in [6.45, 7) is 8.97. The molecule has 2 N–H and O–H groups in total. The minimum Gasteiger partial charge on any atom is -0.392 e. The van der Waals surface area contributed by atoms with E-state index in [0.29, 0.717) is 23.7 Å². The van der Waals surface area contributed by atoms with Crippen molar-refractivity contribution in [1.82, 2.24) is 4.90 Å². The molecule has 0 saturated carbocycles. The molecule has 0 aliphatic heterocycles. The van der Waals surface area contributed by atoms with Crippen molar-refractivity contribution >= 4 is 23.1 Å². The smallest absolute Gasteiger partial charge is 0.235 e. The van der Waals surface area contributed by atoms with Crippen molar-refractivity contribution in [2.24, 2.45) is 17.1 Å². The molecule has 17 heavy (non-hydrogen) atoms. The van der Waals surface area contributed by atoms with Gasteiger partial charge in [-0.05, 0) is 18.8 Å². The Hall–Kier alpha value is -0.640. The Morgan fingerprint density at radius 1 is 1.35 bits per heavy atom. The summed E-state index contributed by atoms with van der Waals surface area (Å²) in [6.07, 6.45) is 2.40. The Morgan fingerprint density at radius 2 is 1.82 bits per heavy atom. The van der Waals surface area contributed by atoms with Crippen molar-refractivity contribution < 1.29 is 4.79 Å². The summed E-state index contributed by atoms with van der Waals surface area (Å²) in [4.78, 5) is 14.6. The fraction of sp³-hybridized carbons (Fsp3) is 0.846. The average molecular weight is 258 g/mol. The van der Waals surface area contributed by atoms with E-state index in [4.69, 9.17) is 18.0 Å². The molecule has 3 nitrogen and oxygen atoms in total. The maximum Gasteiger partial charge on any atom is 0.235 e. The fourth-order valence-corrected chi connectivity index (χ4v) is 2.43. The van der Waals surface area contributed by atoms with Gasteiger partial charge in [0.15, 0.2) is 0 Å². The number of hydrogen-bond acceptors (Lipinski definition) is 2. The number of carbonyl (C=O) groups is 1. The second-order valence-corrected chi connectivity index (χ2v) is 5.29. The molecule has 0 heterocycles. The second kappa shape index (κ2) is 6.94. The van der Waals surface area contributed by atoms with Crippen LogP contribution in [0.4, 0.5) is 0 Å². The molecule has 0 aromatic heterocycles. The van der Waals surface area contributed by atoms with Crippen molar-refractivity contribution in [2.45, 2.75) is 47.0 Å². The van der Waals surface area contributed by atoms with Gasteiger partial charge in [-0.25, -0.2) is 0 Å². The summed E-state index contributed by atoms with van der Waals surface area (Å²) in [6, 6.07) is 0. The molecule has 0 spiro atoms. The van der Waals surface area contributed by atoms with Crippen molar-refractivity contribution in [3.05, 3.63) is 0 Å². The van der Waals surface area contributed by atoms with Crippen LogP contribution in [0, 0.1) is 11.3 Å². The summed E-state index contributed by atoms with van der Waals surface area (Å²) in [5.41, 5.74) is 5.12. The first kappa shape index (κ1) is 16.4. The lowest BCUT2D eigenvalue weighted by atomic mass is 9.80. The monoisotopic (exact) mass is 258 g/mol. The van der Waals surface area contributed by atoms with E-state index in [1.807, 2.05) is 20.9 Å². The van der Waals surface area contributed by atoms with Crippen LogP contribution < -0.4 is 5.73 Å². The topological polar surface area (TPSA) is 46.3 Å². The lowest BCUT2D eigenvalue weighted by molar-refractivity contribution is -0.137. The van der Waals surface area contributed by atoms with Crippen LogP contribution in [0.25, 0.3) is 0 Å². The van der Waals surface area contributed by atoms with Gasteiger partial charge in [0.2, 0.25) is 5.91 Å². The van der Waals surface area contributed by atoms with Gasteiger partial charge < -0.3 is 10.6 Å². The summed E-state index contributed by atoms with van der Waals surface area (Å²) in [7, 11) is 1.84. The zero-order valence-electron chi connectivity index (χ0n) is 11.7. The summed E-state index contributed by atoms with van der Waals surface area (Å²) in [5.74, 6) is 0.567. The molecule has 0 radical (unpaired) electrons. The molecular formula is C13H26N2OS. The maximum absolute atomic E-state index is 12.5. The molecule has 0 aliphatic rings. The van der Waals surface area contributed by atoms with Crippen LogP contribution in [0.2, 0.25) is 0 Å². The Labute approximate surface area is 111 Å². The lowest BCUT2D eigenvalue weighted by Crippen LogP contribution is -2.49. The number of carbonyl (C=O) groups excluding carboxylic acids is 1. The Morgan fingerprint density at radius 3 is 2.12 bits per heavy atom. The van der Waals surface area contributed by atoms with E-state index in [1.54, 1.807) is 4.90 Å². The summed E-state index contributed by atoms with van der Waals surface area (Å²) < 4.78 is 0. The highest BCUT2D eigenvalue weighted by Crippen LogP contribution is 2.29. The van der Waals surface area contributed by atoms with Gasteiger partial charge in [0.25, 0.3) is 0 Å². The first-order valence-electron chi connectivity index (χ1n) is 6.41. The number of nitrogens with zero attached hydrogens (tertiary/aromatic N) is 1. The zero-order valence-corrected chi connectivity index (χ0v) is 12.6. The van der Waals surface area contributed by atoms with Crippen LogP contribution in [0.5, 0.6) is 0 Å². The van der Waals surface area contributed by atoms with Gasteiger partial charge in [0, 0.05) is 13.6 Å². The fourth-order valence-electron chi connectivity index (χ4n) is 2.05. The van der Waals surface area contributed by atoms with E-state index in [0.717, 1.165) is 13.0 Å². The quantitative estimate of drug-likeness (QED) is 0.714. The summed E-state index contributed by atoms with van der Waals surface area (Å²) in [5, 5.41) is 0. The zero-order chi connectivity index (χ0) is 13.6. The molecule has 1 unspecified atom stereocenters. The number of rotatable bonds is 7. The van der Waals surface area contributed by atoms with Crippen LogP contribution in [0.1, 0.15) is 47.0 Å². The van der Waals surface area contributed by atoms with Gasteiger partial charge in [-0.15, -0.1) is 0 Å². The molecule has 0 saturated heterocycles. The van der Waals surface area contributed by atoms with E-state index in [-0.39, 0.29) is 5.91 Å². The highest BCUT2D eigenvalue weighted by atomic mass is 32.1. The Bertz CT molecular complexity index is 275. The number of thiocarbonyl (C=S) groups is 1. The SMILES string of the molecule is CCC(C)CN(C)C(=O)C(CC)(CC)C(N)=S. The van der Waals surface area contributed by atoms with Crippen LogP contribution in [0.3, 0.4) is 0 Å². The van der Waals surface area contributed by atoms with Crippen molar-refractivity contribution in [3.63, 3.8) is 0 Å². The molecule has 1 atom stereocenters. The minimum atomic E-state index is -0.655. The third-order valence-corrected chi connectivity index (χ3v) is 4.11. The maximum atomic E-state index is 12.5. The molecule has 1 amide bonds. The Balaban J connectivity index is 4.91. The molecule has 4 heteroatoms. The molecule has 100 valence electrons. The van der Waals surface area contributed by atoms with Gasteiger partial charge in [-0.3, -0.25) is 4.79 Å². The van der Waals surface area contributed by atoms with E-state index in [1.165, 1.54) is 0 Å². The molecule has 0 bridgehead atoms.